The van der Waals surface area contributed by atoms with Crippen LogP contribution in [-0.4, -0.2) is 47.1 Å². The van der Waals surface area contributed by atoms with Gasteiger partial charge in [0.1, 0.15) is 12.0 Å². The Kier molecular flexibility index (Phi) is 3.42. The third kappa shape index (κ3) is 2.34. The largest absolute Gasteiger partial charge is 0.432 e. The van der Waals surface area contributed by atoms with Crippen molar-refractivity contribution in [3.63, 3.8) is 0 Å². The molecule has 0 bridgehead atoms. The van der Waals surface area contributed by atoms with Gasteiger partial charge in [-0.05, 0) is 6.92 Å². The summed E-state index contributed by atoms with van der Waals surface area (Å²) < 4.78 is 10.8. The number of ether oxygens (including phenoxy) is 1. The molecule has 0 aromatic carbocycles. The average Bonchev–Trinajstić information content (AvgIpc) is 2.76. The van der Waals surface area contributed by atoms with E-state index in [0.29, 0.717) is 24.8 Å². The maximum atomic E-state index is 9.08. The lowest BCUT2D eigenvalue weighted by Gasteiger charge is -2.34. The monoisotopic (exact) mass is 228 g/mol. The molecule has 0 aliphatic carbocycles. The second kappa shape index (κ2) is 4.82. The Labute approximate surface area is 93.5 Å². The smallest absolute Gasteiger partial charge is 0.297 e. The van der Waals surface area contributed by atoms with E-state index in [0.717, 1.165) is 0 Å². The third-order valence-electron chi connectivity index (χ3n) is 2.50. The highest BCUT2D eigenvalue weighted by Crippen LogP contribution is 2.19. The first kappa shape index (κ1) is 11.4. The second-order valence-electron chi connectivity index (χ2n) is 3.94. The normalized spacial score (nSPS) is 26.1. The maximum Gasteiger partial charge on any atom is 0.297 e. The number of hydrogen-bond acceptors (Lipinski definition) is 6. The van der Waals surface area contributed by atoms with Crippen LogP contribution in [0.15, 0.2) is 10.7 Å². The second-order valence-corrected chi connectivity index (χ2v) is 3.94. The van der Waals surface area contributed by atoms with Crippen LogP contribution in [0.4, 0.5) is 6.01 Å². The summed E-state index contributed by atoms with van der Waals surface area (Å²) in [6.45, 7) is 3.00. The molecule has 0 saturated carbocycles. The SMILES string of the molecule is CC1CN(c2nc(CO)co2)CC(CO)O1. The standard InChI is InChI=1S/C10H16N2O4/c1-7-2-12(3-9(5-14)16-7)10-11-8(4-13)6-15-10/h6-7,9,13-14H,2-5H2,1H3. The molecule has 1 fully saturated rings. The number of aliphatic hydroxyl groups excluding tert-OH is 2. The molecule has 1 aliphatic heterocycles. The number of nitrogens with zero attached hydrogens (tertiary/aromatic N) is 2. The Morgan fingerprint density at radius 2 is 2.31 bits per heavy atom. The van der Waals surface area contributed by atoms with Crippen LogP contribution in [0.3, 0.4) is 0 Å². The number of oxazole rings is 1. The van der Waals surface area contributed by atoms with Gasteiger partial charge in [0, 0.05) is 6.54 Å². The first-order chi connectivity index (χ1) is 7.72. The number of morpholine rings is 1. The molecule has 90 valence electrons. The van der Waals surface area contributed by atoms with Crippen LogP contribution in [0.25, 0.3) is 0 Å². The van der Waals surface area contributed by atoms with Crippen LogP contribution in [0.5, 0.6) is 0 Å². The van der Waals surface area contributed by atoms with E-state index in [9.17, 15) is 0 Å². The van der Waals surface area contributed by atoms with Gasteiger partial charge < -0.3 is 24.3 Å². The van der Waals surface area contributed by atoms with E-state index >= 15 is 0 Å². The first-order valence-corrected chi connectivity index (χ1v) is 5.29. The van der Waals surface area contributed by atoms with Crippen molar-refractivity contribution < 1.29 is 19.4 Å². The quantitative estimate of drug-likeness (QED) is 0.743. The highest BCUT2D eigenvalue weighted by Gasteiger charge is 2.27. The molecule has 0 amide bonds. The lowest BCUT2D eigenvalue weighted by molar-refractivity contribution is -0.0432. The molecule has 2 N–H and O–H groups in total. The fraction of sp³-hybridized carbons (Fsp3) is 0.700. The molecule has 2 unspecified atom stereocenters. The van der Waals surface area contributed by atoms with Crippen molar-refractivity contribution in [3.05, 3.63) is 12.0 Å². The van der Waals surface area contributed by atoms with Gasteiger partial charge in [0.2, 0.25) is 0 Å². The van der Waals surface area contributed by atoms with Crippen molar-refractivity contribution in [1.29, 1.82) is 0 Å². The van der Waals surface area contributed by atoms with Crippen molar-refractivity contribution in [3.8, 4) is 0 Å². The molecule has 1 aromatic heterocycles. The number of aliphatic hydroxyl groups is 2. The van der Waals surface area contributed by atoms with Crippen molar-refractivity contribution in [1.82, 2.24) is 4.98 Å². The molecule has 6 nitrogen and oxygen atoms in total. The molecule has 0 spiro atoms. The van der Waals surface area contributed by atoms with E-state index in [4.69, 9.17) is 19.4 Å². The zero-order valence-electron chi connectivity index (χ0n) is 9.17. The summed E-state index contributed by atoms with van der Waals surface area (Å²) in [5.41, 5.74) is 0.509. The van der Waals surface area contributed by atoms with Gasteiger partial charge in [0.15, 0.2) is 0 Å². The van der Waals surface area contributed by atoms with Gasteiger partial charge in [0.05, 0.1) is 32.0 Å². The van der Waals surface area contributed by atoms with E-state index in [1.54, 1.807) is 0 Å². The predicted molar refractivity (Wildman–Crippen MR) is 56.1 cm³/mol. The highest BCUT2D eigenvalue weighted by atomic mass is 16.5. The molecule has 1 saturated heterocycles. The van der Waals surface area contributed by atoms with E-state index in [1.807, 2.05) is 11.8 Å². The van der Waals surface area contributed by atoms with Crippen LogP contribution in [0.2, 0.25) is 0 Å². The zero-order valence-corrected chi connectivity index (χ0v) is 9.17. The molecule has 1 aromatic rings. The summed E-state index contributed by atoms with van der Waals surface area (Å²) in [4.78, 5) is 6.04. The molecule has 6 heteroatoms. The summed E-state index contributed by atoms with van der Waals surface area (Å²) >= 11 is 0. The van der Waals surface area contributed by atoms with Crippen LogP contribution >= 0.6 is 0 Å². The summed E-state index contributed by atoms with van der Waals surface area (Å²) in [7, 11) is 0. The summed E-state index contributed by atoms with van der Waals surface area (Å²) in [6.07, 6.45) is 1.24. The Hall–Kier alpha value is -1.11. The van der Waals surface area contributed by atoms with Crippen LogP contribution in [0.1, 0.15) is 12.6 Å². The Bertz CT molecular complexity index is 341. The van der Waals surface area contributed by atoms with Gasteiger partial charge in [-0.2, -0.15) is 4.98 Å². The van der Waals surface area contributed by atoms with Gasteiger partial charge in [-0.1, -0.05) is 0 Å². The Morgan fingerprint density at radius 3 is 2.94 bits per heavy atom. The minimum absolute atomic E-state index is 0.0194. The first-order valence-electron chi connectivity index (χ1n) is 5.29. The lowest BCUT2D eigenvalue weighted by Crippen LogP contribution is -2.48. The molecule has 16 heavy (non-hydrogen) atoms. The van der Waals surface area contributed by atoms with Crippen molar-refractivity contribution in [2.45, 2.75) is 25.7 Å². The third-order valence-corrected chi connectivity index (χ3v) is 2.50. The Morgan fingerprint density at radius 1 is 1.50 bits per heavy atom. The summed E-state index contributed by atoms with van der Waals surface area (Å²) in [6, 6.07) is 0.470. The molecule has 2 rings (SSSR count). The van der Waals surface area contributed by atoms with Crippen LogP contribution in [-0.2, 0) is 11.3 Å². The van der Waals surface area contributed by atoms with E-state index in [-0.39, 0.29) is 25.4 Å². The number of aromatic nitrogens is 1. The topological polar surface area (TPSA) is 79.0 Å². The van der Waals surface area contributed by atoms with E-state index in [1.165, 1.54) is 6.26 Å². The fourth-order valence-electron chi connectivity index (χ4n) is 1.82. The lowest BCUT2D eigenvalue weighted by atomic mass is 10.2. The molecular formula is C10H16N2O4. The number of anilines is 1. The fourth-order valence-corrected chi connectivity index (χ4v) is 1.82. The number of rotatable bonds is 3. The summed E-state index contributed by atoms with van der Waals surface area (Å²) in [5, 5.41) is 18.0. The molecular weight excluding hydrogens is 212 g/mol. The maximum absolute atomic E-state index is 9.08. The summed E-state index contributed by atoms with van der Waals surface area (Å²) in [5.74, 6) is 0. The van der Waals surface area contributed by atoms with Gasteiger partial charge in [-0.3, -0.25) is 0 Å². The van der Waals surface area contributed by atoms with Crippen molar-refractivity contribution >= 4 is 6.01 Å². The van der Waals surface area contributed by atoms with Crippen LogP contribution in [0, 0.1) is 0 Å². The molecule has 0 radical (unpaired) electrons. The van der Waals surface area contributed by atoms with Crippen LogP contribution < -0.4 is 4.90 Å². The van der Waals surface area contributed by atoms with Gasteiger partial charge in [-0.25, -0.2) is 0 Å². The zero-order chi connectivity index (χ0) is 11.5. The highest BCUT2D eigenvalue weighted by molar-refractivity contribution is 5.28. The van der Waals surface area contributed by atoms with E-state index < -0.39 is 0 Å². The Balaban J connectivity index is 2.07. The predicted octanol–water partition coefficient (Wildman–Crippen LogP) is -0.247. The van der Waals surface area contributed by atoms with Gasteiger partial charge in [0.25, 0.3) is 6.01 Å². The molecule has 2 atom stereocenters. The molecule has 2 heterocycles. The van der Waals surface area contributed by atoms with Crippen molar-refractivity contribution in [2.75, 3.05) is 24.6 Å². The average molecular weight is 228 g/mol. The van der Waals surface area contributed by atoms with Crippen molar-refractivity contribution in [2.24, 2.45) is 0 Å². The minimum Gasteiger partial charge on any atom is -0.432 e. The van der Waals surface area contributed by atoms with E-state index in [2.05, 4.69) is 4.98 Å². The molecule has 1 aliphatic rings. The minimum atomic E-state index is -0.215. The number of hydrogen-bond donors (Lipinski definition) is 2. The van der Waals surface area contributed by atoms with Gasteiger partial charge in [-0.15, -0.1) is 0 Å². The van der Waals surface area contributed by atoms with Gasteiger partial charge >= 0.3 is 0 Å².